The second-order valence-corrected chi connectivity index (χ2v) is 9.26. The molecule has 1 aromatic heterocycles. The summed E-state index contributed by atoms with van der Waals surface area (Å²) in [5.74, 6) is 1.30. The molecule has 0 saturated carbocycles. The molecule has 168 valence electrons. The molecule has 8 nitrogen and oxygen atoms in total. The van der Waals surface area contributed by atoms with Crippen molar-refractivity contribution in [3.63, 3.8) is 0 Å². The Morgan fingerprint density at radius 3 is 2.56 bits per heavy atom. The molecule has 4 rings (SSSR count). The summed E-state index contributed by atoms with van der Waals surface area (Å²) in [7, 11) is -3.60. The Morgan fingerprint density at radius 1 is 1.06 bits per heavy atom. The second-order valence-electron chi connectivity index (χ2n) is 7.35. The Hall–Kier alpha value is -3.01. The van der Waals surface area contributed by atoms with Crippen molar-refractivity contribution in [1.82, 2.24) is 14.5 Å². The van der Waals surface area contributed by atoms with Gasteiger partial charge in [-0.15, -0.1) is 10.2 Å². The highest BCUT2D eigenvalue weighted by molar-refractivity contribution is 7.89. The second kappa shape index (κ2) is 9.64. The van der Waals surface area contributed by atoms with E-state index in [0.717, 1.165) is 11.4 Å². The summed E-state index contributed by atoms with van der Waals surface area (Å²) in [4.78, 5) is 0.284. The maximum Gasteiger partial charge on any atom is 0.243 e. The van der Waals surface area contributed by atoms with Gasteiger partial charge in [0.2, 0.25) is 10.0 Å². The fraction of sp³-hybridized carbons (Fsp3) is 0.304. The zero-order valence-electron chi connectivity index (χ0n) is 18.1. The van der Waals surface area contributed by atoms with E-state index < -0.39 is 10.0 Å². The molecular formula is C23H26N4O4S. The number of rotatable bonds is 7. The molecule has 32 heavy (non-hydrogen) atoms. The summed E-state index contributed by atoms with van der Waals surface area (Å²) in [5, 5.41) is 11.8. The van der Waals surface area contributed by atoms with Crippen LogP contribution in [0.4, 0.5) is 11.5 Å². The first-order valence-electron chi connectivity index (χ1n) is 10.5. The number of ether oxygens (including phenoxy) is 2. The predicted molar refractivity (Wildman–Crippen MR) is 123 cm³/mol. The van der Waals surface area contributed by atoms with E-state index in [2.05, 4.69) is 15.5 Å². The number of aromatic nitrogens is 2. The van der Waals surface area contributed by atoms with Gasteiger partial charge in [0.1, 0.15) is 5.75 Å². The number of nitrogens with one attached hydrogen (secondary N) is 1. The minimum absolute atomic E-state index is 0.284. The van der Waals surface area contributed by atoms with E-state index in [9.17, 15) is 8.42 Å². The van der Waals surface area contributed by atoms with E-state index in [1.165, 1.54) is 4.31 Å². The number of hydrogen-bond acceptors (Lipinski definition) is 7. The van der Waals surface area contributed by atoms with Crippen molar-refractivity contribution >= 4 is 21.5 Å². The van der Waals surface area contributed by atoms with Crippen LogP contribution in [0.5, 0.6) is 5.75 Å². The largest absolute Gasteiger partial charge is 0.492 e. The Balaban J connectivity index is 1.58. The first-order chi connectivity index (χ1) is 15.5. The Kier molecular flexibility index (Phi) is 6.69. The van der Waals surface area contributed by atoms with Crippen LogP contribution in [0, 0.1) is 6.92 Å². The summed E-state index contributed by atoms with van der Waals surface area (Å²) < 4.78 is 38.7. The summed E-state index contributed by atoms with van der Waals surface area (Å²) >= 11 is 0. The molecule has 9 heteroatoms. The molecule has 1 aliphatic heterocycles. The third kappa shape index (κ3) is 4.74. The molecule has 1 N–H and O–H groups in total. The average Bonchev–Trinajstić information content (AvgIpc) is 2.82. The van der Waals surface area contributed by atoms with Crippen LogP contribution in [-0.4, -0.2) is 55.8 Å². The van der Waals surface area contributed by atoms with Gasteiger partial charge in [0, 0.05) is 18.7 Å². The summed E-state index contributed by atoms with van der Waals surface area (Å²) in [5.41, 5.74) is 2.77. The Labute approximate surface area is 188 Å². The number of nitrogens with zero attached hydrogens (tertiary/aromatic N) is 3. The van der Waals surface area contributed by atoms with E-state index in [1.54, 1.807) is 25.1 Å². The molecule has 0 unspecified atom stereocenters. The smallest absolute Gasteiger partial charge is 0.243 e. The standard InChI is InChI=1S/C23H26N4O4S/c1-3-31-21-7-5-4-6-20(21)24-23-11-10-19(25-26-23)18-9-8-17(2)22(16-18)32(28,29)27-12-14-30-15-13-27/h4-11,16H,3,12-15H2,1-2H3,(H,24,26). The van der Waals surface area contributed by atoms with E-state index in [-0.39, 0.29) is 4.90 Å². The van der Waals surface area contributed by atoms with Crippen molar-refractivity contribution in [3.8, 4) is 17.0 Å². The molecule has 0 radical (unpaired) electrons. The van der Waals surface area contributed by atoms with E-state index in [0.29, 0.717) is 55.5 Å². The maximum absolute atomic E-state index is 13.1. The lowest BCUT2D eigenvalue weighted by Gasteiger charge is -2.26. The molecule has 1 aliphatic rings. The summed E-state index contributed by atoms with van der Waals surface area (Å²) in [6.07, 6.45) is 0. The molecule has 2 aromatic carbocycles. The van der Waals surface area contributed by atoms with E-state index in [1.807, 2.05) is 43.3 Å². The van der Waals surface area contributed by atoms with Crippen LogP contribution < -0.4 is 10.1 Å². The SMILES string of the molecule is CCOc1ccccc1Nc1ccc(-c2ccc(C)c(S(=O)(=O)N3CCOCC3)c2)nn1. The normalized spacial score (nSPS) is 14.8. The summed E-state index contributed by atoms with van der Waals surface area (Å²) in [6, 6.07) is 16.6. The highest BCUT2D eigenvalue weighted by Crippen LogP contribution is 2.29. The number of benzene rings is 2. The van der Waals surface area contributed by atoms with Crippen LogP contribution in [0.1, 0.15) is 12.5 Å². The van der Waals surface area contributed by atoms with Gasteiger partial charge in [0.25, 0.3) is 0 Å². The maximum atomic E-state index is 13.1. The van der Waals surface area contributed by atoms with Gasteiger partial charge in [-0.2, -0.15) is 4.31 Å². The zero-order valence-corrected chi connectivity index (χ0v) is 18.9. The van der Waals surface area contributed by atoms with Gasteiger partial charge in [-0.25, -0.2) is 8.42 Å². The van der Waals surface area contributed by atoms with E-state index >= 15 is 0 Å². The first-order valence-corrected chi connectivity index (χ1v) is 11.9. The number of para-hydroxylation sites is 2. The lowest BCUT2D eigenvalue weighted by molar-refractivity contribution is 0.0730. The van der Waals surface area contributed by atoms with Gasteiger partial charge in [-0.3, -0.25) is 0 Å². The van der Waals surface area contributed by atoms with Gasteiger partial charge in [-0.05, 0) is 49.7 Å². The number of sulfonamides is 1. The van der Waals surface area contributed by atoms with Crippen molar-refractivity contribution < 1.29 is 17.9 Å². The number of morpholine rings is 1. The van der Waals surface area contributed by atoms with Crippen molar-refractivity contribution in [2.45, 2.75) is 18.7 Å². The van der Waals surface area contributed by atoms with Crippen molar-refractivity contribution in [2.24, 2.45) is 0 Å². The molecule has 3 aromatic rings. The fourth-order valence-electron chi connectivity index (χ4n) is 3.51. The van der Waals surface area contributed by atoms with Crippen molar-refractivity contribution in [2.75, 3.05) is 38.2 Å². The minimum Gasteiger partial charge on any atom is -0.492 e. The van der Waals surface area contributed by atoms with Gasteiger partial charge >= 0.3 is 0 Å². The van der Waals surface area contributed by atoms with E-state index in [4.69, 9.17) is 9.47 Å². The van der Waals surface area contributed by atoms with Crippen LogP contribution in [0.3, 0.4) is 0 Å². The quantitative estimate of drug-likeness (QED) is 0.583. The molecule has 1 fully saturated rings. The van der Waals surface area contributed by atoms with Crippen LogP contribution in [0.2, 0.25) is 0 Å². The Morgan fingerprint density at radius 2 is 1.84 bits per heavy atom. The molecular weight excluding hydrogens is 428 g/mol. The third-order valence-electron chi connectivity index (χ3n) is 5.19. The third-order valence-corrected chi connectivity index (χ3v) is 7.23. The van der Waals surface area contributed by atoms with Crippen LogP contribution in [0.25, 0.3) is 11.3 Å². The van der Waals surface area contributed by atoms with Crippen LogP contribution in [0.15, 0.2) is 59.5 Å². The van der Waals surface area contributed by atoms with Gasteiger partial charge in [0.15, 0.2) is 5.82 Å². The lowest BCUT2D eigenvalue weighted by Crippen LogP contribution is -2.40. The monoisotopic (exact) mass is 454 g/mol. The highest BCUT2D eigenvalue weighted by Gasteiger charge is 2.28. The van der Waals surface area contributed by atoms with Gasteiger partial charge < -0.3 is 14.8 Å². The molecule has 0 atom stereocenters. The van der Waals surface area contributed by atoms with Crippen LogP contribution in [-0.2, 0) is 14.8 Å². The number of aryl methyl sites for hydroxylation is 1. The van der Waals surface area contributed by atoms with Crippen molar-refractivity contribution in [3.05, 3.63) is 60.2 Å². The minimum atomic E-state index is -3.60. The highest BCUT2D eigenvalue weighted by atomic mass is 32.2. The van der Waals surface area contributed by atoms with Crippen LogP contribution >= 0.6 is 0 Å². The molecule has 1 saturated heterocycles. The molecule has 0 aliphatic carbocycles. The zero-order chi connectivity index (χ0) is 22.6. The number of hydrogen-bond donors (Lipinski definition) is 1. The van der Waals surface area contributed by atoms with Gasteiger partial charge in [0.05, 0.1) is 36.1 Å². The predicted octanol–water partition coefficient (Wildman–Crippen LogP) is 3.62. The molecule has 0 spiro atoms. The molecule has 0 amide bonds. The fourth-order valence-corrected chi connectivity index (χ4v) is 5.16. The average molecular weight is 455 g/mol. The van der Waals surface area contributed by atoms with Gasteiger partial charge in [-0.1, -0.05) is 24.3 Å². The van der Waals surface area contributed by atoms with Crippen molar-refractivity contribution in [1.29, 1.82) is 0 Å². The topological polar surface area (TPSA) is 93.7 Å². The summed E-state index contributed by atoms with van der Waals surface area (Å²) in [6.45, 7) is 5.82. The number of anilines is 2. The first kappa shape index (κ1) is 22.2. The molecule has 2 heterocycles. The molecule has 0 bridgehead atoms. The lowest BCUT2D eigenvalue weighted by atomic mass is 10.1. The Bertz CT molecular complexity index is 1180.